The second-order valence-corrected chi connectivity index (χ2v) is 6.16. The summed E-state index contributed by atoms with van der Waals surface area (Å²) in [6, 6.07) is 17.8. The number of methoxy groups -OCH3 is 1. The van der Waals surface area contributed by atoms with E-state index in [-0.39, 0.29) is 11.8 Å². The van der Waals surface area contributed by atoms with E-state index in [9.17, 15) is 9.59 Å². The molecule has 2 N–H and O–H groups in total. The van der Waals surface area contributed by atoms with E-state index in [0.717, 1.165) is 11.3 Å². The predicted octanol–water partition coefficient (Wildman–Crippen LogP) is 3.19. The van der Waals surface area contributed by atoms with Crippen molar-refractivity contribution in [2.75, 3.05) is 13.7 Å². The number of hydrogen-bond acceptors (Lipinski definition) is 4. The molecule has 1 aromatic heterocycles. The van der Waals surface area contributed by atoms with Crippen molar-refractivity contribution in [3.8, 4) is 5.75 Å². The third kappa shape index (κ3) is 5.01. The topological polar surface area (TPSA) is 80.6 Å². The van der Waals surface area contributed by atoms with Crippen molar-refractivity contribution in [3.63, 3.8) is 0 Å². The Balaban J connectivity index is 1.49. The van der Waals surface area contributed by atoms with Crippen molar-refractivity contribution < 1.29 is 18.7 Å². The Kier molecular flexibility index (Phi) is 6.46. The largest absolute Gasteiger partial charge is 0.496 e. The zero-order chi connectivity index (χ0) is 19.8. The smallest absolute Gasteiger partial charge is 0.251 e. The Morgan fingerprint density at radius 2 is 1.57 bits per heavy atom. The Morgan fingerprint density at radius 3 is 2.21 bits per heavy atom. The van der Waals surface area contributed by atoms with Gasteiger partial charge in [0.25, 0.3) is 11.8 Å². The summed E-state index contributed by atoms with van der Waals surface area (Å²) >= 11 is 0. The fourth-order valence-electron chi connectivity index (χ4n) is 2.78. The monoisotopic (exact) mass is 378 g/mol. The van der Waals surface area contributed by atoms with Gasteiger partial charge in [-0.2, -0.15) is 0 Å². The van der Waals surface area contributed by atoms with Crippen LogP contribution in [0.15, 0.2) is 71.3 Å². The number of rotatable bonds is 8. The molecule has 0 saturated carbocycles. The number of nitrogens with one attached hydrogen (secondary N) is 2. The lowest BCUT2D eigenvalue weighted by atomic mass is 10.1. The Hall–Kier alpha value is -3.54. The van der Waals surface area contributed by atoms with Gasteiger partial charge in [0, 0.05) is 17.7 Å². The number of hydrogen-bond donors (Lipinski definition) is 2. The first kappa shape index (κ1) is 19.2. The standard InChI is InChI=1S/C22H22N2O4/c1-27-20-7-3-2-5-16(20)12-13-23-21(25)17-8-10-18(11-9-17)22(26)24-15-19-6-4-14-28-19/h2-11,14H,12-13,15H2,1H3,(H,23,25)(H,24,26). The van der Waals surface area contributed by atoms with E-state index in [0.29, 0.717) is 36.4 Å². The summed E-state index contributed by atoms with van der Waals surface area (Å²) in [7, 11) is 1.63. The van der Waals surface area contributed by atoms with Crippen molar-refractivity contribution in [1.29, 1.82) is 0 Å². The molecule has 0 radical (unpaired) electrons. The molecule has 0 atom stereocenters. The maximum atomic E-state index is 12.3. The van der Waals surface area contributed by atoms with Crippen molar-refractivity contribution in [2.24, 2.45) is 0 Å². The summed E-state index contributed by atoms with van der Waals surface area (Å²) in [6.07, 6.45) is 2.23. The molecule has 6 heteroatoms. The van der Waals surface area contributed by atoms with Crippen LogP contribution in [0.25, 0.3) is 0 Å². The maximum absolute atomic E-state index is 12.3. The quantitative estimate of drug-likeness (QED) is 0.631. The van der Waals surface area contributed by atoms with Crippen LogP contribution in [0.2, 0.25) is 0 Å². The third-order valence-electron chi connectivity index (χ3n) is 4.28. The summed E-state index contributed by atoms with van der Waals surface area (Å²) in [6.45, 7) is 0.807. The number of benzene rings is 2. The molecule has 3 aromatic rings. The first-order chi connectivity index (χ1) is 13.7. The number of carbonyl (C=O) groups excluding carboxylic acids is 2. The van der Waals surface area contributed by atoms with Gasteiger partial charge in [-0.1, -0.05) is 18.2 Å². The van der Waals surface area contributed by atoms with Gasteiger partial charge in [0.2, 0.25) is 0 Å². The van der Waals surface area contributed by atoms with Crippen molar-refractivity contribution in [3.05, 3.63) is 89.4 Å². The normalized spacial score (nSPS) is 10.3. The van der Waals surface area contributed by atoms with Crippen molar-refractivity contribution in [2.45, 2.75) is 13.0 Å². The lowest BCUT2D eigenvalue weighted by molar-refractivity contribution is 0.0939. The molecule has 0 fully saturated rings. The fourth-order valence-corrected chi connectivity index (χ4v) is 2.78. The van der Waals surface area contributed by atoms with Gasteiger partial charge >= 0.3 is 0 Å². The highest BCUT2D eigenvalue weighted by atomic mass is 16.5. The highest BCUT2D eigenvalue weighted by Gasteiger charge is 2.10. The zero-order valence-electron chi connectivity index (χ0n) is 15.6. The van der Waals surface area contributed by atoms with Crippen LogP contribution in [0.1, 0.15) is 32.0 Å². The van der Waals surface area contributed by atoms with Crippen LogP contribution < -0.4 is 15.4 Å². The highest BCUT2D eigenvalue weighted by molar-refractivity contribution is 5.97. The predicted molar refractivity (Wildman–Crippen MR) is 105 cm³/mol. The average molecular weight is 378 g/mol. The van der Waals surface area contributed by atoms with Crippen LogP contribution >= 0.6 is 0 Å². The van der Waals surface area contributed by atoms with Crippen LogP contribution in [0, 0.1) is 0 Å². The number of ether oxygens (including phenoxy) is 1. The van der Waals surface area contributed by atoms with Gasteiger partial charge in [-0.25, -0.2) is 0 Å². The van der Waals surface area contributed by atoms with E-state index in [4.69, 9.17) is 9.15 Å². The van der Waals surface area contributed by atoms with Crippen LogP contribution in [0.3, 0.4) is 0 Å². The molecule has 0 aliphatic heterocycles. The molecule has 2 amide bonds. The molecule has 144 valence electrons. The molecule has 0 bridgehead atoms. The first-order valence-corrected chi connectivity index (χ1v) is 8.98. The lowest BCUT2D eigenvalue weighted by Crippen LogP contribution is -2.26. The summed E-state index contributed by atoms with van der Waals surface area (Å²) in [5.74, 6) is 1.08. The van der Waals surface area contributed by atoms with E-state index in [1.54, 1.807) is 49.8 Å². The summed E-state index contributed by atoms with van der Waals surface area (Å²) in [5.41, 5.74) is 2.02. The minimum absolute atomic E-state index is 0.183. The first-order valence-electron chi connectivity index (χ1n) is 8.98. The number of amides is 2. The molecule has 3 rings (SSSR count). The van der Waals surface area contributed by atoms with Crippen molar-refractivity contribution in [1.82, 2.24) is 10.6 Å². The molecular formula is C22H22N2O4. The van der Waals surface area contributed by atoms with E-state index in [2.05, 4.69) is 10.6 Å². The van der Waals surface area contributed by atoms with Gasteiger partial charge in [-0.3, -0.25) is 9.59 Å². The molecule has 0 aliphatic rings. The van der Waals surface area contributed by atoms with Gasteiger partial charge in [0.05, 0.1) is 19.9 Å². The zero-order valence-corrected chi connectivity index (χ0v) is 15.6. The highest BCUT2D eigenvalue weighted by Crippen LogP contribution is 2.17. The van der Waals surface area contributed by atoms with Crippen LogP contribution in [0.5, 0.6) is 5.75 Å². The number of furan rings is 1. The van der Waals surface area contributed by atoms with Gasteiger partial charge in [-0.15, -0.1) is 0 Å². The molecule has 0 unspecified atom stereocenters. The van der Waals surface area contributed by atoms with E-state index in [1.807, 2.05) is 24.3 Å². The molecule has 6 nitrogen and oxygen atoms in total. The molecular weight excluding hydrogens is 356 g/mol. The Bertz CT molecular complexity index is 918. The molecule has 2 aromatic carbocycles. The lowest BCUT2D eigenvalue weighted by Gasteiger charge is -2.09. The minimum atomic E-state index is -0.223. The SMILES string of the molecule is COc1ccccc1CCNC(=O)c1ccc(C(=O)NCc2ccco2)cc1. The molecule has 0 aliphatic carbocycles. The third-order valence-corrected chi connectivity index (χ3v) is 4.28. The second kappa shape index (κ2) is 9.41. The Labute approximate surface area is 163 Å². The van der Waals surface area contributed by atoms with Crippen LogP contribution in [0.4, 0.5) is 0 Å². The van der Waals surface area contributed by atoms with E-state index >= 15 is 0 Å². The van der Waals surface area contributed by atoms with Crippen LogP contribution in [-0.4, -0.2) is 25.5 Å². The summed E-state index contributed by atoms with van der Waals surface area (Å²) in [5, 5.41) is 5.65. The summed E-state index contributed by atoms with van der Waals surface area (Å²) in [4.78, 5) is 24.4. The van der Waals surface area contributed by atoms with Gasteiger partial charge < -0.3 is 19.8 Å². The fraction of sp³-hybridized carbons (Fsp3) is 0.182. The second-order valence-electron chi connectivity index (χ2n) is 6.16. The average Bonchev–Trinajstić information content (AvgIpc) is 3.26. The van der Waals surface area contributed by atoms with Gasteiger partial charge in [0.1, 0.15) is 11.5 Å². The molecule has 0 spiro atoms. The van der Waals surface area contributed by atoms with E-state index in [1.165, 1.54) is 0 Å². The summed E-state index contributed by atoms with van der Waals surface area (Å²) < 4.78 is 10.5. The van der Waals surface area contributed by atoms with Crippen LogP contribution in [-0.2, 0) is 13.0 Å². The van der Waals surface area contributed by atoms with Gasteiger partial charge in [-0.05, 0) is 54.4 Å². The van der Waals surface area contributed by atoms with Crippen molar-refractivity contribution >= 4 is 11.8 Å². The number of para-hydroxylation sites is 1. The molecule has 0 saturated heterocycles. The molecule has 28 heavy (non-hydrogen) atoms. The van der Waals surface area contributed by atoms with E-state index < -0.39 is 0 Å². The maximum Gasteiger partial charge on any atom is 0.251 e. The number of carbonyl (C=O) groups is 2. The minimum Gasteiger partial charge on any atom is -0.496 e. The van der Waals surface area contributed by atoms with Gasteiger partial charge in [0.15, 0.2) is 0 Å². The Morgan fingerprint density at radius 1 is 0.893 bits per heavy atom. The molecule has 1 heterocycles.